The number of aromatic nitrogens is 1. The summed E-state index contributed by atoms with van der Waals surface area (Å²) < 4.78 is 5.74. The molecule has 132 valence electrons. The van der Waals surface area contributed by atoms with Crippen LogP contribution in [0.3, 0.4) is 0 Å². The molecule has 0 radical (unpaired) electrons. The van der Waals surface area contributed by atoms with Gasteiger partial charge in [-0.3, -0.25) is 14.7 Å². The molecule has 0 N–H and O–H groups in total. The summed E-state index contributed by atoms with van der Waals surface area (Å²) in [4.78, 5) is 20.9. The van der Waals surface area contributed by atoms with Crippen LogP contribution in [0.1, 0.15) is 12.5 Å². The number of rotatable bonds is 5. The molecule has 0 saturated carbocycles. The third-order valence-electron chi connectivity index (χ3n) is 4.30. The van der Waals surface area contributed by atoms with Gasteiger partial charge in [0.15, 0.2) is 6.10 Å². The second-order valence-electron chi connectivity index (χ2n) is 6.15. The molecular weight excluding hydrogens is 338 g/mol. The van der Waals surface area contributed by atoms with E-state index in [9.17, 15) is 4.79 Å². The molecule has 0 bridgehead atoms. The molecule has 25 heavy (non-hydrogen) atoms. The average molecular weight is 360 g/mol. The minimum absolute atomic E-state index is 0.000877. The first-order valence-corrected chi connectivity index (χ1v) is 8.82. The molecule has 0 spiro atoms. The molecule has 1 atom stereocenters. The first kappa shape index (κ1) is 17.7. The van der Waals surface area contributed by atoms with Gasteiger partial charge in [-0.15, -0.1) is 0 Å². The highest BCUT2D eigenvalue weighted by Crippen LogP contribution is 2.24. The number of amides is 1. The van der Waals surface area contributed by atoms with E-state index in [2.05, 4.69) is 16.0 Å². The topological polar surface area (TPSA) is 45.7 Å². The van der Waals surface area contributed by atoms with Crippen molar-refractivity contribution in [3.8, 4) is 5.75 Å². The average Bonchev–Trinajstić information content (AvgIpc) is 2.64. The van der Waals surface area contributed by atoms with Gasteiger partial charge < -0.3 is 9.64 Å². The van der Waals surface area contributed by atoms with Crippen molar-refractivity contribution in [2.24, 2.45) is 0 Å². The summed E-state index contributed by atoms with van der Waals surface area (Å²) >= 11 is 6.09. The van der Waals surface area contributed by atoms with E-state index >= 15 is 0 Å². The summed E-state index contributed by atoms with van der Waals surface area (Å²) in [6.45, 7) is 5.73. The maximum absolute atomic E-state index is 12.6. The van der Waals surface area contributed by atoms with Crippen LogP contribution in [-0.2, 0) is 11.3 Å². The zero-order chi connectivity index (χ0) is 17.6. The van der Waals surface area contributed by atoms with Crippen LogP contribution in [0.2, 0.25) is 5.02 Å². The number of pyridine rings is 1. The highest BCUT2D eigenvalue weighted by Gasteiger charge is 2.26. The lowest BCUT2D eigenvalue weighted by molar-refractivity contribution is -0.139. The Kier molecular flexibility index (Phi) is 5.89. The van der Waals surface area contributed by atoms with Crippen molar-refractivity contribution in [1.29, 1.82) is 0 Å². The maximum atomic E-state index is 12.6. The number of halogens is 1. The van der Waals surface area contributed by atoms with Gasteiger partial charge in [0.05, 0.1) is 5.02 Å². The first-order valence-electron chi connectivity index (χ1n) is 8.45. The van der Waals surface area contributed by atoms with E-state index in [-0.39, 0.29) is 5.91 Å². The number of hydrogen-bond donors (Lipinski definition) is 0. The SMILES string of the molecule is CC(Oc1ccccc1Cl)C(=O)N1CCN(Cc2cccnc2)CC1. The van der Waals surface area contributed by atoms with E-state index in [1.807, 2.05) is 29.3 Å². The number of carbonyl (C=O) groups is 1. The lowest BCUT2D eigenvalue weighted by Crippen LogP contribution is -2.51. The third kappa shape index (κ3) is 4.71. The summed E-state index contributed by atoms with van der Waals surface area (Å²) in [5, 5.41) is 0.517. The second-order valence-corrected chi connectivity index (χ2v) is 6.56. The van der Waals surface area contributed by atoms with E-state index < -0.39 is 6.10 Å². The van der Waals surface area contributed by atoms with Gasteiger partial charge in [0, 0.05) is 45.1 Å². The Labute approximate surface area is 153 Å². The Balaban J connectivity index is 1.50. The van der Waals surface area contributed by atoms with Crippen LogP contribution in [0.4, 0.5) is 0 Å². The molecular formula is C19H22ClN3O2. The van der Waals surface area contributed by atoms with Crippen LogP contribution < -0.4 is 4.74 Å². The van der Waals surface area contributed by atoms with E-state index in [0.29, 0.717) is 23.9 Å². The smallest absolute Gasteiger partial charge is 0.263 e. The molecule has 0 aliphatic carbocycles. The van der Waals surface area contributed by atoms with Crippen LogP contribution >= 0.6 is 11.6 Å². The first-order chi connectivity index (χ1) is 12.1. The van der Waals surface area contributed by atoms with E-state index in [4.69, 9.17) is 16.3 Å². The summed E-state index contributed by atoms with van der Waals surface area (Å²) in [5.41, 5.74) is 1.19. The monoisotopic (exact) mass is 359 g/mol. The Morgan fingerprint density at radius 1 is 1.20 bits per heavy atom. The van der Waals surface area contributed by atoms with Gasteiger partial charge in [0.1, 0.15) is 5.75 Å². The Hall–Kier alpha value is -2.11. The second kappa shape index (κ2) is 8.32. The van der Waals surface area contributed by atoms with Crippen LogP contribution in [-0.4, -0.2) is 53.0 Å². The van der Waals surface area contributed by atoms with E-state index in [1.54, 1.807) is 25.3 Å². The summed E-state index contributed by atoms with van der Waals surface area (Å²) in [5.74, 6) is 0.543. The zero-order valence-corrected chi connectivity index (χ0v) is 15.0. The molecule has 1 fully saturated rings. The molecule has 1 aliphatic rings. The summed E-state index contributed by atoms with van der Waals surface area (Å²) in [6.07, 6.45) is 3.11. The summed E-state index contributed by atoms with van der Waals surface area (Å²) in [7, 11) is 0. The Morgan fingerprint density at radius 2 is 1.96 bits per heavy atom. The zero-order valence-electron chi connectivity index (χ0n) is 14.3. The standard InChI is InChI=1S/C19H22ClN3O2/c1-15(25-18-7-3-2-6-17(18)20)19(24)23-11-9-22(10-12-23)14-16-5-4-8-21-13-16/h2-8,13,15H,9-12,14H2,1H3. The summed E-state index contributed by atoms with van der Waals surface area (Å²) in [6, 6.07) is 11.2. The van der Waals surface area contributed by atoms with Gasteiger partial charge in [-0.2, -0.15) is 0 Å². The van der Waals surface area contributed by atoms with Crippen molar-refractivity contribution < 1.29 is 9.53 Å². The predicted molar refractivity (Wildman–Crippen MR) is 97.6 cm³/mol. The van der Waals surface area contributed by atoms with Crippen LogP contribution in [0.25, 0.3) is 0 Å². The Morgan fingerprint density at radius 3 is 2.64 bits per heavy atom. The number of piperazine rings is 1. The van der Waals surface area contributed by atoms with Gasteiger partial charge in [-0.05, 0) is 30.7 Å². The van der Waals surface area contributed by atoms with Crippen molar-refractivity contribution in [2.45, 2.75) is 19.6 Å². The quantitative estimate of drug-likeness (QED) is 0.823. The minimum atomic E-state index is -0.551. The molecule has 3 rings (SSSR count). The fourth-order valence-corrected chi connectivity index (χ4v) is 3.09. The number of nitrogens with zero attached hydrogens (tertiary/aromatic N) is 3. The molecule has 1 aliphatic heterocycles. The number of carbonyl (C=O) groups excluding carboxylic acids is 1. The number of hydrogen-bond acceptors (Lipinski definition) is 4. The van der Waals surface area contributed by atoms with Crippen molar-refractivity contribution >= 4 is 17.5 Å². The van der Waals surface area contributed by atoms with Gasteiger partial charge in [0.25, 0.3) is 5.91 Å². The van der Waals surface area contributed by atoms with Gasteiger partial charge in [-0.1, -0.05) is 29.8 Å². The molecule has 5 nitrogen and oxygen atoms in total. The van der Waals surface area contributed by atoms with E-state index in [1.165, 1.54) is 5.56 Å². The normalized spacial score (nSPS) is 16.5. The van der Waals surface area contributed by atoms with Gasteiger partial charge in [0.2, 0.25) is 0 Å². The highest BCUT2D eigenvalue weighted by atomic mass is 35.5. The maximum Gasteiger partial charge on any atom is 0.263 e. The molecule has 2 aromatic rings. The number of benzene rings is 1. The van der Waals surface area contributed by atoms with Crippen molar-refractivity contribution in [1.82, 2.24) is 14.8 Å². The third-order valence-corrected chi connectivity index (χ3v) is 4.61. The molecule has 2 heterocycles. The molecule has 1 aromatic heterocycles. The van der Waals surface area contributed by atoms with Gasteiger partial charge in [-0.25, -0.2) is 0 Å². The van der Waals surface area contributed by atoms with Crippen LogP contribution in [0.5, 0.6) is 5.75 Å². The fraction of sp³-hybridized carbons (Fsp3) is 0.368. The predicted octanol–water partition coefficient (Wildman–Crippen LogP) is 2.85. The van der Waals surface area contributed by atoms with E-state index in [0.717, 1.165) is 19.6 Å². The van der Waals surface area contributed by atoms with Crippen LogP contribution in [0.15, 0.2) is 48.8 Å². The van der Waals surface area contributed by atoms with Crippen molar-refractivity contribution in [3.05, 3.63) is 59.4 Å². The van der Waals surface area contributed by atoms with Crippen LogP contribution in [0, 0.1) is 0 Å². The minimum Gasteiger partial charge on any atom is -0.479 e. The molecule has 1 saturated heterocycles. The number of para-hydroxylation sites is 1. The largest absolute Gasteiger partial charge is 0.479 e. The molecule has 6 heteroatoms. The molecule has 1 amide bonds. The molecule has 1 aromatic carbocycles. The Bertz CT molecular complexity index is 703. The lowest BCUT2D eigenvalue weighted by Gasteiger charge is -2.35. The lowest BCUT2D eigenvalue weighted by atomic mass is 10.2. The molecule has 1 unspecified atom stereocenters. The van der Waals surface area contributed by atoms with Gasteiger partial charge >= 0.3 is 0 Å². The van der Waals surface area contributed by atoms with Crippen molar-refractivity contribution in [2.75, 3.05) is 26.2 Å². The van der Waals surface area contributed by atoms with Crippen molar-refractivity contribution in [3.63, 3.8) is 0 Å². The highest BCUT2D eigenvalue weighted by molar-refractivity contribution is 6.32. The fourth-order valence-electron chi connectivity index (χ4n) is 2.91. The number of ether oxygens (including phenoxy) is 1.